The Hall–Kier alpha value is -1.45. The average Bonchev–Trinajstić information content (AvgIpc) is 2.23. The summed E-state index contributed by atoms with van der Waals surface area (Å²) in [5.41, 5.74) is 0. The zero-order chi connectivity index (χ0) is 9.80. The summed E-state index contributed by atoms with van der Waals surface area (Å²) in [7, 11) is 0. The van der Waals surface area contributed by atoms with Crippen molar-refractivity contribution in [3.05, 3.63) is 18.6 Å². The van der Waals surface area contributed by atoms with E-state index in [9.17, 15) is 4.79 Å². The summed E-state index contributed by atoms with van der Waals surface area (Å²) in [6, 6.07) is 0. The van der Waals surface area contributed by atoms with Crippen LogP contribution in [-0.2, 0) is 4.79 Å². The molecule has 1 aliphatic carbocycles. The third kappa shape index (κ3) is 2.28. The Morgan fingerprint density at radius 1 is 1.29 bits per heavy atom. The summed E-state index contributed by atoms with van der Waals surface area (Å²) in [5, 5.41) is 0. The van der Waals surface area contributed by atoms with Crippen LogP contribution in [0.15, 0.2) is 18.6 Å². The number of nitrogens with zero attached hydrogens (tertiary/aromatic N) is 2. The zero-order valence-corrected chi connectivity index (χ0v) is 7.85. The van der Waals surface area contributed by atoms with Gasteiger partial charge < -0.3 is 4.74 Å². The van der Waals surface area contributed by atoms with Crippen LogP contribution in [0, 0.1) is 0 Å². The SMILES string of the molecule is O=C1CCC(Oc2cnccn2)CC1. The van der Waals surface area contributed by atoms with Crippen LogP contribution in [0.1, 0.15) is 25.7 Å². The lowest BCUT2D eigenvalue weighted by atomic mass is 9.97. The Kier molecular flexibility index (Phi) is 2.72. The van der Waals surface area contributed by atoms with E-state index in [4.69, 9.17) is 4.74 Å². The highest BCUT2D eigenvalue weighted by Crippen LogP contribution is 2.19. The Labute approximate surface area is 82.3 Å². The molecule has 1 aliphatic rings. The van der Waals surface area contributed by atoms with E-state index in [2.05, 4.69) is 9.97 Å². The third-order valence-corrected chi connectivity index (χ3v) is 2.32. The largest absolute Gasteiger partial charge is 0.473 e. The summed E-state index contributed by atoms with van der Waals surface area (Å²) >= 11 is 0. The van der Waals surface area contributed by atoms with Crippen molar-refractivity contribution >= 4 is 5.78 Å². The molecule has 0 unspecified atom stereocenters. The van der Waals surface area contributed by atoms with Crippen molar-refractivity contribution in [3.8, 4) is 5.88 Å². The number of ketones is 1. The van der Waals surface area contributed by atoms with Crippen LogP contribution in [0.5, 0.6) is 5.88 Å². The van der Waals surface area contributed by atoms with Crippen molar-refractivity contribution in [2.45, 2.75) is 31.8 Å². The minimum Gasteiger partial charge on any atom is -0.473 e. The predicted octanol–water partition coefficient (Wildman–Crippen LogP) is 1.37. The molecular formula is C10H12N2O2. The number of Topliss-reactive ketones (excluding diaryl/α,β-unsaturated/α-hetero) is 1. The number of carbonyl (C=O) groups is 1. The molecule has 0 amide bonds. The molecule has 0 spiro atoms. The van der Waals surface area contributed by atoms with Gasteiger partial charge in [0.05, 0.1) is 6.20 Å². The smallest absolute Gasteiger partial charge is 0.232 e. The number of hydrogen-bond donors (Lipinski definition) is 0. The van der Waals surface area contributed by atoms with Crippen molar-refractivity contribution in [2.24, 2.45) is 0 Å². The minimum atomic E-state index is 0.129. The van der Waals surface area contributed by atoms with Gasteiger partial charge >= 0.3 is 0 Å². The van der Waals surface area contributed by atoms with Gasteiger partial charge in [0.15, 0.2) is 0 Å². The van der Waals surface area contributed by atoms with E-state index in [-0.39, 0.29) is 6.10 Å². The van der Waals surface area contributed by atoms with Gasteiger partial charge in [0.1, 0.15) is 11.9 Å². The molecule has 0 saturated heterocycles. The van der Waals surface area contributed by atoms with Crippen molar-refractivity contribution in [1.29, 1.82) is 0 Å². The average molecular weight is 192 g/mol. The molecule has 4 heteroatoms. The second-order valence-electron chi connectivity index (χ2n) is 3.40. The van der Waals surface area contributed by atoms with Crippen LogP contribution < -0.4 is 4.74 Å². The number of rotatable bonds is 2. The van der Waals surface area contributed by atoms with E-state index in [0.717, 1.165) is 12.8 Å². The van der Waals surface area contributed by atoms with E-state index >= 15 is 0 Å². The van der Waals surface area contributed by atoms with Crippen LogP contribution in [0.2, 0.25) is 0 Å². The van der Waals surface area contributed by atoms with Crippen LogP contribution in [-0.4, -0.2) is 21.9 Å². The first-order chi connectivity index (χ1) is 6.84. The Morgan fingerprint density at radius 2 is 2.07 bits per heavy atom. The van der Waals surface area contributed by atoms with E-state index in [1.165, 1.54) is 0 Å². The Bertz CT molecular complexity index is 303. The maximum atomic E-state index is 11.0. The summed E-state index contributed by atoms with van der Waals surface area (Å²) in [6.07, 6.45) is 7.79. The lowest BCUT2D eigenvalue weighted by Gasteiger charge is -2.21. The molecule has 0 aliphatic heterocycles. The van der Waals surface area contributed by atoms with Gasteiger partial charge in [-0.1, -0.05) is 0 Å². The van der Waals surface area contributed by atoms with E-state index < -0.39 is 0 Å². The first-order valence-corrected chi connectivity index (χ1v) is 4.79. The zero-order valence-electron chi connectivity index (χ0n) is 7.85. The Balaban J connectivity index is 1.89. The maximum Gasteiger partial charge on any atom is 0.232 e. The molecular weight excluding hydrogens is 180 g/mol. The van der Waals surface area contributed by atoms with Gasteiger partial charge in [-0.05, 0) is 12.8 Å². The molecule has 2 rings (SSSR count). The molecule has 1 aromatic heterocycles. The molecule has 74 valence electrons. The summed E-state index contributed by atoms with van der Waals surface area (Å²) in [4.78, 5) is 18.9. The monoisotopic (exact) mass is 192 g/mol. The fourth-order valence-corrected chi connectivity index (χ4v) is 1.55. The van der Waals surface area contributed by atoms with E-state index in [1.807, 2.05) is 0 Å². The third-order valence-electron chi connectivity index (χ3n) is 2.32. The minimum absolute atomic E-state index is 0.129. The van der Waals surface area contributed by atoms with Crippen molar-refractivity contribution in [3.63, 3.8) is 0 Å². The molecule has 0 aromatic carbocycles. The summed E-state index contributed by atoms with van der Waals surface area (Å²) in [5.74, 6) is 0.885. The molecule has 14 heavy (non-hydrogen) atoms. The van der Waals surface area contributed by atoms with Crippen LogP contribution >= 0.6 is 0 Å². The van der Waals surface area contributed by atoms with E-state index in [0.29, 0.717) is 24.5 Å². The fraction of sp³-hybridized carbons (Fsp3) is 0.500. The molecule has 0 radical (unpaired) electrons. The number of hydrogen-bond acceptors (Lipinski definition) is 4. The van der Waals surface area contributed by atoms with Gasteiger partial charge in [0, 0.05) is 25.2 Å². The summed E-state index contributed by atoms with van der Waals surface area (Å²) < 4.78 is 5.58. The second-order valence-corrected chi connectivity index (χ2v) is 3.40. The lowest BCUT2D eigenvalue weighted by molar-refractivity contribution is -0.121. The highest BCUT2D eigenvalue weighted by molar-refractivity contribution is 5.79. The lowest BCUT2D eigenvalue weighted by Crippen LogP contribution is -2.24. The molecule has 0 atom stereocenters. The van der Waals surface area contributed by atoms with Gasteiger partial charge in [-0.2, -0.15) is 0 Å². The molecule has 1 saturated carbocycles. The predicted molar refractivity (Wildman–Crippen MR) is 49.9 cm³/mol. The number of carbonyl (C=O) groups excluding carboxylic acids is 1. The normalized spacial score (nSPS) is 18.1. The fourth-order valence-electron chi connectivity index (χ4n) is 1.55. The van der Waals surface area contributed by atoms with Crippen LogP contribution in [0.3, 0.4) is 0 Å². The first kappa shape index (κ1) is 9.12. The topological polar surface area (TPSA) is 52.1 Å². The summed E-state index contributed by atoms with van der Waals surface area (Å²) in [6.45, 7) is 0. The standard InChI is InChI=1S/C10H12N2O2/c13-8-1-3-9(4-2-8)14-10-7-11-5-6-12-10/h5-7,9H,1-4H2. The maximum absolute atomic E-state index is 11.0. The second kappa shape index (κ2) is 4.17. The van der Waals surface area contributed by atoms with Gasteiger partial charge in [0.25, 0.3) is 0 Å². The van der Waals surface area contributed by atoms with Gasteiger partial charge in [-0.25, -0.2) is 4.98 Å². The van der Waals surface area contributed by atoms with Crippen LogP contribution in [0.4, 0.5) is 0 Å². The molecule has 0 N–H and O–H groups in total. The van der Waals surface area contributed by atoms with Gasteiger partial charge in [0.2, 0.25) is 5.88 Å². The van der Waals surface area contributed by atoms with Crippen molar-refractivity contribution in [2.75, 3.05) is 0 Å². The molecule has 0 bridgehead atoms. The van der Waals surface area contributed by atoms with Crippen LogP contribution in [0.25, 0.3) is 0 Å². The Morgan fingerprint density at radius 3 is 2.71 bits per heavy atom. The van der Waals surface area contributed by atoms with Gasteiger partial charge in [-0.15, -0.1) is 0 Å². The highest BCUT2D eigenvalue weighted by Gasteiger charge is 2.20. The molecule has 1 aromatic rings. The first-order valence-electron chi connectivity index (χ1n) is 4.79. The number of ether oxygens (including phenoxy) is 1. The molecule has 1 heterocycles. The highest BCUT2D eigenvalue weighted by atomic mass is 16.5. The molecule has 4 nitrogen and oxygen atoms in total. The van der Waals surface area contributed by atoms with E-state index in [1.54, 1.807) is 18.6 Å². The molecule has 1 fully saturated rings. The quantitative estimate of drug-likeness (QED) is 0.710. The van der Waals surface area contributed by atoms with Crippen molar-refractivity contribution in [1.82, 2.24) is 9.97 Å². The van der Waals surface area contributed by atoms with Gasteiger partial charge in [-0.3, -0.25) is 9.78 Å². The number of aromatic nitrogens is 2. The van der Waals surface area contributed by atoms with Crippen molar-refractivity contribution < 1.29 is 9.53 Å².